The molecule has 16 heavy (non-hydrogen) atoms. The van der Waals surface area contributed by atoms with Crippen molar-refractivity contribution < 1.29 is 9.53 Å². The molecule has 1 atom stereocenters. The van der Waals surface area contributed by atoms with Gasteiger partial charge in [0.25, 0.3) is 0 Å². The minimum atomic E-state index is 0.0896. The Morgan fingerprint density at radius 3 is 2.38 bits per heavy atom. The maximum Gasteiger partial charge on any atom is 0.172 e. The number of ether oxygens (including phenoxy) is 1. The summed E-state index contributed by atoms with van der Waals surface area (Å²) in [7, 11) is 0. The summed E-state index contributed by atoms with van der Waals surface area (Å²) in [6.07, 6.45) is 6.38. The number of ketones is 1. The molecule has 0 aliphatic heterocycles. The van der Waals surface area contributed by atoms with Crippen molar-refractivity contribution in [1.29, 1.82) is 0 Å². The molecule has 1 rings (SSSR count). The average molecular weight is 224 g/mol. The Hall–Kier alpha value is -0.790. The lowest BCUT2D eigenvalue weighted by Gasteiger charge is -2.31. The molecule has 0 aromatic carbocycles. The normalized spacial score (nSPS) is 19.9. The van der Waals surface area contributed by atoms with E-state index >= 15 is 0 Å². The van der Waals surface area contributed by atoms with Crippen LogP contribution in [-0.2, 0) is 9.53 Å². The number of carbonyl (C=O) groups excluding carboxylic acids is 1. The maximum atomic E-state index is 11.9. The highest BCUT2D eigenvalue weighted by atomic mass is 16.5. The number of hydrogen-bond acceptors (Lipinski definition) is 2. The first-order valence-corrected chi connectivity index (χ1v) is 6.66. The zero-order valence-corrected chi connectivity index (χ0v) is 10.8. The van der Waals surface area contributed by atoms with Crippen LogP contribution in [0, 0.1) is 5.92 Å². The van der Waals surface area contributed by atoms with Gasteiger partial charge in [-0.05, 0) is 26.2 Å². The van der Waals surface area contributed by atoms with Crippen LogP contribution in [0.2, 0.25) is 0 Å². The van der Waals surface area contributed by atoms with Crippen molar-refractivity contribution in [2.45, 2.75) is 59.3 Å². The van der Waals surface area contributed by atoms with Crippen molar-refractivity contribution in [3.05, 3.63) is 11.3 Å². The lowest BCUT2D eigenvalue weighted by molar-refractivity contribution is -0.123. The van der Waals surface area contributed by atoms with E-state index in [9.17, 15) is 4.79 Å². The molecule has 0 radical (unpaired) electrons. The lowest BCUT2D eigenvalue weighted by Crippen LogP contribution is -2.33. The van der Waals surface area contributed by atoms with E-state index in [-0.39, 0.29) is 5.92 Å². The monoisotopic (exact) mass is 224 g/mol. The fourth-order valence-corrected chi connectivity index (χ4v) is 2.20. The highest BCUT2D eigenvalue weighted by molar-refractivity contribution is 6.06. The molecule has 92 valence electrons. The summed E-state index contributed by atoms with van der Waals surface area (Å²) >= 11 is 0. The maximum absolute atomic E-state index is 11.9. The van der Waals surface area contributed by atoms with Crippen molar-refractivity contribution in [2.75, 3.05) is 6.61 Å². The third-order valence-electron chi connectivity index (χ3n) is 3.15. The summed E-state index contributed by atoms with van der Waals surface area (Å²) in [5.74, 6) is 1.45. The minimum Gasteiger partial charge on any atom is -0.497 e. The molecule has 0 saturated carbocycles. The molecule has 0 amide bonds. The number of carbonyl (C=O) groups is 1. The van der Waals surface area contributed by atoms with Gasteiger partial charge in [-0.15, -0.1) is 0 Å². The molecular weight excluding hydrogens is 200 g/mol. The van der Waals surface area contributed by atoms with Crippen molar-refractivity contribution in [1.82, 2.24) is 0 Å². The van der Waals surface area contributed by atoms with E-state index < -0.39 is 0 Å². The Kier molecular flexibility index (Phi) is 5.58. The first-order valence-electron chi connectivity index (χ1n) is 6.66. The third-order valence-corrected chi connectivity index (χ3v) is 3.15. The largest absolute Gasteiger partial charge is 0.497 e. The summed E-state index contributed by atoms with van der Waals surface area (Å²) in [4.78, 5) is 11.9. The highest BCUT2D eigenvalue weighted by Crippen LogP contribution is 2.38. The van der Waals surface area contributed by atoms with Gasteiger partial charge in [-0.25, -0.2) is 0 Å². The first-order chi connectivity index (χ1) is 7.76. The van der Waals surface area contributed by atoms with Gasteiger partial charge in [0, 0.05) is 5.57 Å². The molecule has 1 aliphatic rings. The van der Waals surface area contributed by atoms with Gasteiger partial charge in [0.05, 0.1) is 12.5 Å². The first kappa shape index (κ1) is 13.3. The van der Waals surface area contributed by atoms with Gasteiger partial charge in [0.2, 0.25) is 0 Å². The minimum absolute atomic E-state index is 0.0896. The Morgan fingerprint density at radius 2 is 1.81 bits per heavy atom. The van der Waals surface area contributed by atoms with Crippen molar-refractivity contribution >= 4 is 5.78 Å². The average Bonchev–Trinajstić information content (AvgIpc) is 2.29. The summed E-state index contributed by atoms with van der Waals surface area (Å²) in [6.45, 7) is 6.98. The molecule has 1 unspecified atom stereocenters. The van der Waals surface area contributed by atoms with E-state index in [2.05, 4.69) is 13.8 Å². The molecule has 0 aromatic rings. The number of unbranched alkanes of at least 4 members (excludes halogenated alkanes) is 2. The standard InChI is InChI=1S/C14H24O2/c1-4-7-9-11-13(15)12(10-8-5-2)14(11)16-6-3/h11H,4-10H2,1-3H3. The second kappa shape index (κ2) is 6.72. The predicted octanol–water partition coefficient (Wildman–Crippen LogP) is 3.86. The highest BCUT2D eigenvalue weighted by Gasteiger charge is 2.39. The van der Waals surface area contributed by atoms with E-state index in [0.29, 0.717) is 12.4 Å². The van der Waals surface area contributed by atoms with E-state index in [1.54, 1.807) is 0 Å². The van der Waals surface area contributed by atoms with Crippen LogP contribution in [0.25, 0.3) is 0 Å². The van der Waals surface area contributed by atoms with Crippen LogP contribution < -0.4 is 0 Å². The fraction of sp³-hybridized carbons (Fsp3) is 0.786. The van der Waals surface area contributed by atoms with Crippen LogP contribution in [-0.4, -0.2) is 12.4 Å². The van der Waals surface area contributed by atoms with Crippen LogP contribution in [0.1, 0.15) is 59.3 Å². The summed E-state index contributed by atoms with van der Waals surface area (Å²) in [5, 5.41) is 0. The fourth-order valence-electron chi connectivity index (χ4n) is 2.20. The van der Waals surface area contributed by atoms with Gasteiger partial charge < -0.3 is 4.74 Å². The van der Waals surface area contributed by atoms with Crippen molar-refractivity contribution in [3.8, 4) is 0 Å². The van der Waals surface area contributed by atoms with Crippen LogP contribution in [0.15, 0.2) is 11.3 Å². The molecule has 0 heterocycles. The van der Waals surface area contributed by atoms with E-state index in [4.69, 9.17) is 4.74 Å². The SMILES string of the molecule is CCCCC1=C(OCC)C(CCCC)C1=O. The molecule has 0 saturated heterocycles. The lowest BCUT2D eigenvalue weighted by atomic mass is 9.77. The molecule has 0 aromatic heterocycles. The summed E-state index contributed by atoms with van der Waals surface area (Å²) in [5.41, 5.74) is 0.977. The predicted molar refractivity (Wildman–Crippen MR) is 66.2 cm³/mol. The zero-order chi connectivity index (χ0) is 12.0. The zero-order valence-electron chi connectivity index (χ0n) is 10.8. The Bertz CT molecular complexity index is 266. The second-order valence-corrected chi connectivity index (χ2v) is 4.44. The van der Waals surface area contributed by atoms with Gasteiger partial charge in [-0.1, -0.05) is 33.1 Å². The smallest absolute Gasteiger partial charge is 0.172 e. The molecule has 1 aliphatic carbocycles. The summed E-state index contributed by atoms with van der Waals surface area (Å²) < 4.78 is 5.63. The van der Waals surface area contributed by atoms with E-state index in [1.165, 1.54) is 0 Å². The van der Waals surface area contributed by atoms with Crippen molar-refractivity contribution in [2.24, 2.45) is 5.92 Å². The molecule has 0 spiro atoms. The number of allylic oxidation sites excluding steroid dienone is 2. The Morgan fingerprint density at radius 1 is 1.12 bits per heavy atom. The molecular formula is C14H24O2. The van der Waals surface area contributed by atoms with Gasteiger partial charge in [-0.2, -0.15) is 0 Å². The second-order valence-electron chi connectivity index (χ2n) is 4.44. The Balaban J connectivity index is 2.60. The number of hydrogen-bond donors (Lipinski definition) is 0. The Labute approximate surface area is 99.1 Å². The number of rotatable bonds is 8. The van der Waals surface area contributed by atoms with E-state index in [0.717, 1.165) is 49.9 Å². The van der Waals surface area contributed by atoms with Crippen LogP contribution in [0.3, 0.4) is 0 Å². The van der Waals surface area contributed by atoms with Crippen LogP contribution in [0.5, 0.6) is 0 Å². The van der Waals surface area contributed by atoms with Gasteiger partial charge in [0.15, 0.2) is 5.78 Å². The van der Waals surface area contributed by atoms with Crippen LogP contribution in [0.4, 0.5) is 0 Å². The number of Topliss-reactive ketones (excluding diaryl/α,β-unsaturated/α-hetero) is 1. The quantitative estimate of drug-likeness (QED) is 0.626. The van der Waals surface area contributed by atoms with E-state index in [1.807, 2.05) is 6.92 Å². The topological polar surface area (TPSA) is 26.3 Å². The van der Waals surface area contributed by atoms with Crippen molar-refractivity contribution in [3.63, 3.8) is 0 Å². The molecule has 0 fully saturated rings. The summed E-state index contributed by atoms with van der Waals surface area (Å²) in [6, 6.07) is 0. The molecule has 2 nitrogen and oxygen atoms in total. The van der Waals surface area contributed by atoms with Gasteiger partial charge >= 0.3 is 0 Å². The van der Waals surface area contributed by atoms with Crippen LogP contribution >= 0.6 is 0 Å². The third kappa shape index (κ3) is 2.87. The van der Waals surface area contributed by atoms with Gasteiger partial charge in [0.1, 0.15) is 5.76 Å². The molecule has 2 heteroatoms. The van der Waals surface area contributed by atoms with Gasteiger partial charge in [-0.3, -0.25) is 4.79 Å². The molecule has 0 N–H and O–H groups in total. The molecule has 0 bridgehead atoms.